The molecule has 0 amide bonds. The van der Waals surface area contributed by atoms with Crippen molar-refractivity contribution in [3.05, 3.63) is 30.3 Å². The molecule has 0 fully saturated rings. The molecule has 0 aromatic heterocycles. The van der Waals surface area contributed by atoms with E-state index in [9.17, 15) is 0 Å². The van der Waals surface area contributed by atoms with Crippen LogP contribution in [0.15, 0.2) is 30.3 Å². The van der Waals surface area contributed by atoms with Crippen LogP contribution in [0, 0.1) is 0 Å². The summed E-state index contributed by atoms with van der Waals surface area (Å²) in [7, 11) is 0.0952. The van der Waals surface area contributed by atoms with Crippen molar-refractivity contribution in [2.45, 2.75) is 90.9 Å². The smallest absolute Gasteiger partial charge is 0.0240 e. The van der Waals surface area contributed by atoms with Gasteiger partial charge in [0.1, 0.15) is 0 Å². The van der Waals surface area contributed by atoms with Gasteiger partial charge in [0.05, 0.1) is 0 Å². The third kappa shape index (κ3) is 10.9. The van der Waals surface area contributed by atoms with Crippen molar-refractivity contribution in [2.24, 2.45) is 0 Å². The Balaban J connectivity index is 2.26. The molecule has 0 unspecified atom stereocenters. The van der Waals surface area contributed by atoms with E-state index in [0.717, 1.165) is 0 Å². The van der Waals surface area contributed by atoms with Crippen molar-refractivity contribution in [1.29, 1.82) is 0 Å². The molecule has 0 atom stereocenters. The van der Waals surface area contributed by atoms with Gasteiger partial charge in [-0.05, 0) is 30.5 Å². The van der Waals surface area contributed by atoms with E-state index < -0.39 is 0 Å². The first-order valence-corrected chi connectivity index (χ1v) is 11.9. The summed E-state index contributed by atoms with van der Waals surface area (Å²) in [6.07, 6.45) is 20.0. The molecule has 0 saturated heterocycles. The largest absolute Gasteiger partial charge is 0.0753 e. The maximum atomic E-state index is 2.37. The van der Waals surface area contributed by atoms with Crippen molar-refractivity contribution >= 4 is 13.2 Å². The summed E-state index contributed by atoms with van der Waals surface area (Å²) in [4.78, 5) is 0. The molecule has 0 spiro atoms. The number of hydrogen-bond acceptors (Lipinski definition) is 0. The third-order valence-corrected chi connectivity index (χ3v) is 7.43. The zero-order valence-corrected chi connectivity index (χ0v) is 16.6. The standard InChI is InChI=1S/C22H39P/c1-3-5-7-9-11-16-20-23(22-18-14-13-15-19-22)21-17-12-10-8-6-4-2/h13-15,18-19H,3-12,16-17,20-21H2,1-2H3. The lowest BCUT2D eigenvalue weighted by molar-refractivity contribution is 0.622. The number of rotatable bonds is 15. The zero-order chi connectivity index (χ0) is 16.6. The van der Waals surface area contributed by atoms with Crippen LogP contribution in [0.1, 0.15) is 90.9 Å². The molecule has 0 aliphatic rings. The minimum absolute atomic E-state index is 0.0952. The van der Waals surface area contributed by atoms with Gasteiger partial charge in [0, 0.05) is 0 Å². The molecule has 0 heterocycles. The second-order valence-corrected chi connectivity index (χ2v) is 9.35. The molecule has 0 aliphatic carbocycles. The quantitative estimate of drug-likeness (QED) is 0.230. The fourth-order valence-corrected chi connectivity index (χ4v) is 5.72. The molecule has 1 heteroatoms. The Bertz CT molecular complexity index is 330. The molecule has 0 aliphatic heterocycles. The number of hydrogen-bond donors (Lipinski definition) is 0. The summed E-state index contributed by atoms with van der Waals surface area (Å²) < 4.78 is 0. The maximum Gasteiger partial charge on any atom is -0.0240 e. The maximum absolute atomic E-state index is 2.37. The molecule has 0 N–H and O–H groups in total. The van der Waals surface area contributed by atoms with Crippen molar-refractivity contribution in [1.82, 2.24) is 0 Å². The molecule has 132 valence electrons. The second kappa shape index (κ2) is 15.2. The monoisotopic (exact) mass is 334 g/mol. The highest BCUT2D eigenvalue weighted by Gasteiger charge is 2.10. The molecule has 0 saturated carbocycles. The van der Waals surface area contributed by atoms with Crippen LogP contribution < -0.4 is 5.30 Å². The van der Waals surface area contributed by atoms with Crippen molar-refractivity contribution in [2.75, 3.05) is 12.3 Å². The molecular weight excluding hydrogens is 295 g/mol. The summed E-state index contributed by atoms with van der Waals surface area (Å²) in [6.45, 7) is 4.60. The molecule has 0 nitrogen and oxygen atoms in total. The minimum Gasteiger partial charge on any atom is -0.0753 e. The van der Waals surface area contributed by atoms with Crippen molar-refractivity contribution in [3.8, 4) is 0 Å². The number of benzene rings is 1. The first kappa shape index (κ1) is 20.7. The summed E-state index contributed by atoms with van der Waals surface area (Å²) in [6, 6.07) is 11.4. The summed E-state index contributed by atoms with van der Waals surface area (Å²) in [5.74, 6) is 0. The molecule has 0 radical (unpaired) electrons. The lowest BCUT2D eigenvalue weighted by atomic mass is 10.1. The van der Waals surface area contributed by atoms with Crippen LogP contribution in [-0.2, 0) is 0 Å². The van der Waals surface area contributed by atoms with Gasteiger partial charge in [0.2, 0.25) is 0 Å². The SMILES string of the molecule is CCCCCCCCP(CCCCCCCC)c1ccccc1. The zero-order valence-electron chi connectivity index (χ0n) is 15.7. The van der Waals surface area contributed by atoms with Gasteiger partial charge in [-0.25, -0.2) is 0 Å². The van der Waals surface area contributed by atoms with E-state index in [2.05, 4.69) is 44.2 Å². The van der Waals surface area contributed by atoms with Gasteiger partial charge in [-0.2, -0.15) is 0 Å². The van der Waals surface area contributed by atoms with E-state index in [1.807, 2.05) is 0 Å². The number of unbranched alkanes of at least 4 members (excludes halogenated alkanes) is 10. The predicted molar refractivity (Wildman–Crippen MR) is 109 cm³/mol. The molecule has 23 heavy (non-hydrogen) atoms. The van der Waals surface area contributed by atoms with E-state index in [1.165, 1.54) is 89.4 Å². The van der Waals surface area contributed by atoms with E-state index in [4.69, 9.17) is 0 Å². The van der Waals surface area contributed by atoms with Crippen LogP contribution in [0.5, 0.6) is 0 Å². The van der Waals surface area contributed by atoms with E-state index in [0.29, 0.717) is 0 Å². The van der Waals surface area contributed by atoms with E-state index >= 15 is 0 Å². The molecule has 0 bridgehead atoms. The third-order valence-electron chi connectivity index (χ3n) is 4.68. The Morgan fingerprint density at radius 3 is 1.48 bits per heavy atom. The van der Waals surface area contributed by atoms with Gasteiger partial charge < -0.3 is 0 Å². The summed E-state index contributed by atoms with van der Waals surface area (Å²) in [5, 5.41) is 1.64. The average Bonchev–Trinajstić information content (AvgIpc) is 2.60. The minimum atomic E-state index is 0.0952. The predicted octanol–water partition coefficient (Wildman–Crippen LogP) is 7.51. The topological polar surface area (TPSA) is 0 Å². The van der Waals surface area contributed by atoms with Gasteiger partial charge in [-0.3, -0.25) is 0 Å². The van der Waals surface area contributed by atoms with E-state index in [-0.39, 0.29) is 7.92 Å². The lowest BCUT2D eigenvalue weighted by Crippen LogP contribution is -2.06. The van der Waals surface area contributed by atoms with Crippen molar-refractivity contribution in [3.63, 3.8) is 0 Å². The Kier molecular flexibility index (Phi) is 13.7. The van der Waals surface area contributed by atoms with Crippen LogP contribution in [0.2, 0.25) is 0 Å². The van der Waals surface area contributed by atoms with Gasteiger partial charge >= 0.3 is 0 Å². The van der Waals surface area contributed by atoms with Crippen LogP contribution in [0.4, 0.5) is 0 Å². The van der Waals surface area contributed by atoms with Gasteiger partial charge in [0.15, 0.2) is 0 Å². The van der Waals surface area contributed by atoms with Crippen LogP contribution in [-0.4, -0.2) is 12.3 Å². The summed E-state index contributed by atoms with van der Waals surface area (Å²) >= 11 is 0. The highest BCUT2D eigenvalue weighted by atomic mass is 31.1. The highest BCUT2D eigenvalue weighted by molar-refractivity contribution is 7.65. The Labute approximate surface area is 147 Å². The molecular formula is C22H39P. The average molecular weight is 335 g/mol. The first-order chi connectivity index (χ1) is 11.4. The fourth-order valence-electron chi connectivity index (χ4n) is 3.17. The Hall–Kier alpha value is -0.350. The Morgan fingerprint density at radius 1 is 0.565 bits per heavy atom. The van der Waals surface area contributed by atoms with Crippen LogP contribution in [0.25, 0.3) is 0 Å². The first-order valence-electron chi connectivity index (χ1n) is 10.2. The summed E-state index contributed by atoms with van der Waals surface area (Å²) in [5.41, 5.74) is 0. The van der Waals surface area contributed by atoms with Crippen LogP contribution >= 0.6 is 7.92 Å². The molecule has 1 aromatic rings. The molecule has 1 rings (SSSR count). The lowest BCUT2D eigenvalue weighted by Gasteiger charge is -2.18. The van der Waals surface area contributed by atoms with Gasteiger partial charge in [0.25, 0.3) is 0 Å². The second-order valence-electron chi connectivity index (χ2n) is 6.86. The normalized spacial score (nSPS) is 11.3. The molecule has 1 aromatic carbocycles. The Morgan fingerprint density at radius 2 is 1.00 bits per heavy atom. The van der Waals surface area contributed by atoms with Crippen LogP contribution in [0.3, 0.4) is 0 Å². The van der Waals surface area contributed by atoms with E-state index in [1.54, 1.807) is 5.30 Å². The van der Waals surface area contributed by atoms with Gasteiger partial charge in [-0.1, -0.05) is 116 Å². The fraction of sp³-hybridized carbons (Fsp3) is 0.727. The van der Waals surface area contributed by atoms with Crippen molar-refractivity contribution < 1.29 is 0 Å². The highest BCUT2D eigenvalue weighted by Crippen LogP contribution is 2.37. The van der Waals surface area contributed by atoms with Gasteiger partial charge in [-0.15, -0.1) is 0 Å².